The summed E-state index contributed by atoms with van der Waals surface area (Å²) in [5.74, 6) is 0.273. The summed E-state index contributed by atoms with van der Waals surface area (Å²) in [4.78, 5) is 19.7. The number of hydrogen-bond donors (Lipinski definition) is 1. The first-order valence-corrected chi connectivity index (χ1v) is 5.80. The van der Waals surface area contributed by atoms with Crippen molar-refractivity contribution in [2.45, 2.75) is 18.3 Å². The fraction of sp³-hybridized carbons (Fsp3) is 0.583. The number of hydrogen-bond acceptors (Lipinski definition) is 5. The Kier molecular flexibility index (Phi) is 2.36. The Hall–Kier alpha value is -1.49. The van der Waals surface area contributed by atoms with Crippen LogP contribution in [0.4, 0.5) is 0 Å². The minimum Gasteiger partial charge on any atom is -0.465 e. The van der Waals surface area contributed by atoms with Gasteiger partial charge < -0.3 is 10.1 Å². The maximum atomic E-state index is 11.7. The molecule has 1 aromatic rings. The monoisotopic (exact) mass is 232 g/mol. The van der Waals surface area contributed by atoms with E-state index in [4.69, 9.17) is 4.74 Å². The summed E-state index contributed by atoms with van der Waals surface area (Å²) in [5.41, 5.74) is 1.30. The molecule has 5 nitrogen and oxygen atoms in total. The Balaban J connectivity index is 2.01. The van der Waals surface area contributed by atoms with Crippen molar-refractivity contribution in [3.05, 3.63) is 23.8 Å². The molecule has 2 unspecified atom stereocenters. The fourth-order valence-electron chi connectivity index (χ4n) is 2.87. The van der Waals surface area contributed by atoms with Gasteiger partial charge in [-0.25, -0.2) is 14.8 Å². The van der Waals surface area contributed by atoms with Gasteiger partial charge in [0.25, 0.3) is 0 Å². The van der Waals surface area contributed by atoms with E-state index >= 15 is 0 Å². The minimum absolute atomic E-state index is 0.0151. The van der Waals surface area contributed by atoms with Gasteiger partial charge in [0, 0.05) is 18.2 Å². The lowest BCUT2D eigenvalue weighted by Gasteiger charge is -2.23. The molecule has 1 saturated carbocycles. The van der Waals surface area contributed by atoms with Gasteiger partial charge in [-0.3, -0.25) is 0 Å². The van der Waals surface area contributed by atoms with E-state index in [-0.39, 0.29) is 11.4 Å². The van der Waals surface area contributed by atoms with Crippen molar-refractivity contribution in [3.8, 4) is 0 Å². The SMILES string of the molecule is COC(=O)c1cn[c]nc1C12CNCCC1C2. The van der Waals surface area contributed by atoms with Gasteiger partial charge in [-0.1, -0.05) is 0 Å². The molecule has 2 heterocycles. The van der Waals surface area contributed by atoms with E-state index < -0.39 is 0 Å². The van der Waals surface area contributed by atoms with Crippen LogP contribution in [0.3, 0.4) is 0 Å². The summed E-state index contributed by atoms with van der Waals surface area (Å²) in [6.45, 7) is 1.93. The summed E-state index contributed by atoms with van der Waals surface area (Å²) in [6.07, 6.45) is 6.34. The van der Waals surface area contributed by atoms with Gasteiger partial charge in [-0.15, -0.1) is 0 Å². The third-order valence-corrected chi connectivity index (χ3v) is 3.89. The maximum Gasteiger partial charge on any atom is 0.341 e. The Morgan fingerprint density at radius 2 is 2.59 bits per heavy atom. The number of fused-ring (bicyclic) bond motifs is 1. The van der Waals surface area contributed by atoms with Crippen molar-refractivity contribution in [1.82, 2.24) is 15.3 Å². The molecular weight excluding hydrogens is 218 g/mol. The molecular formula is C12H14N3O2. The topological polar surface area (TPSA) is 64.1 Å². The molecule has 2 aliphatic rings. The summed E-state index contributed by atoms with van der Waals surface area (Å²) < 4.78 is 4.78. The van der Waals surface area contributed by atoms with Crippen molar-refractivity contribution in [3.63, 3.8) is 0 Å². The van der Waals surface area contributed by atoms with Crippen molar-refractivity contribution in [1.29, 1.82) is 0 Å². The van der Waals surface area contributed by atoms with Gasteiger partial charge in [-0.05, 0) is 25.3 Å². The Labute approximate surface area is 99.6 Å². The van der Waals surface area contributed by atoms with Crippen LogP contribution in [-0.4, -0.2) is 36.1 Å². The highest BCUT2D eigenvalue weighted by Gasteiger charge is 2.58. The molecule has 1 aliphatic heterocycles. The van der Waals surface area contributed by atoms with Crippen LogP contribution in [0.15, 0.2) is 6.20 Å². The van der Waals surface area contributed by atoms with E-state index in [0.717, 1.165) is 31.6 Å². The minimum atomic E-state index is -0.361. The Morgan fingerprint density at radius 1 is 1.71 bits per heavy atom. The molecule has 1 aliphatic carbocycles. The molecule has 1 aromatic heterocycles. The predicted molar refractivity (Wildman–Crippen MR) is 59.5 cm³/mol. The summed E-state index contributed by atoms with van der Waals surface area (Å²) >= 11 is 0. The average Bonchev–Trinajstić information content (AvgIpc) is 3.13. The number of aromatic nitrogens is 2. The van der Waals surface area contributed by atoms with Crippen LogP contribution in [0.2, 0.25) is 0 Å². The molecule has 1 radical (unpaired) electrons. The van der Waals surface area contributed by atoms with E-state index in [0.29, 0.717) is 11.5 Å². The Bertz CT molecular complexity index is 463. The maximum absolute atomic E-state index is 11.7. The first-order valence-electron chi connectivity index (χ1n) is 5.80. The highest BCUT2D eigenvalue weighted by Crippen LogP contribution is 2.57. The number of esters is 1. The van der Waals surface area contributed by atoms with E-state index in [1.807, 2.05) is 0 Å². The number of nitrogens with one attached hydrogen (secondary N) is 1. The molecule has 17 heavy (non-hydrogen) atoms. The van der Waals surface area contributed by atoms with Crippen molar-refractivity contribution >= 4 is 5.97 Å². The molecule has 0 aromatic carbocycles. The van der Waals surface area contributed by atoms with Crippen LogP contribution in [0.5, 0.6) is 0 Å². The second-order valence-electron chi connectivity index (χ2n) is 4.75. The zero-order valence-electron chi connectivity index (χ0n) is 9.69. The first kappa shape index (κ1) is 10.7. The van der Waals surface area contributed by atoms with Crippen molar-refractivity contribution in [2.75, 3.05) is 20.2 Å². The lowest BCUT2D eigenvalue weighted by atomic mass is 9.91. The molecule has 0 bridgehead atoms. The molecule has 0 amide bonds. The molecule has 0 spiro atoms. The molecule has 5 heteroatoms. The normalized spacial score (nSPS) is 30.5. The second kappa shape index (κ2) is 3.77. The summed E-state index contributed by atoms with van der Waals surface area (Å²) in [7, 11) is 1.38. The molecule has 3 rings (SSSR count). The zero-order valence-corrected chi connectivity index (χ0v) is 9.69. The highest BCUT2D eigenvalue weighted by atomic mass is 16.5. The van der Waals surface area contributed by atoms with Gasteiger partial charge in [0.1, 0.15) is 5.56 Å². The number of ether oxygens (including phenoxy) is 1. The van der Waals surface area contributed by atoms with Crippen LogP contribution in [0.1, 0.15) is 28.9 Å². The Morgan fingerprint density at radius 3 is 3.35 bits per heavy atom. The number of rotatable bonds is 2. The van der Waals surface area contributed by atoms with E-state index in [9.17, 15) is 4.79 Å². The van der Waals surface area contributed by atoms with Crippen molar-refractivity contribution < 1.29 is 9.53 Å². The number of carbonyl (C=O) groups excluding carboxylic acids is 1. The number of nitrogens with zero attached hydrogens (tertiary/aromatic N) is 2. The quantitative estimate of drug-likeness (QED) is 0.744. The third kappa shape index (κ3) is 1.53. The lowest BCUT2D eigenvalue weighted by Crippen LogP contribution is -2.36. The molecule has 1 N–H and O–H groups in total. The van der Waals surface area contributed by atoms with Crippen LogP contribution < -0.4 is 5.32 Å². The van der Waals surface area contributed by atoms with Crippen LogP contribution in [0, 0.1) is 12.2 Å². The highest BCUT2D eigenvalue weighted by molar-refractivity contribution is 5.90. The van der Waals surface area contributed by atoms with Gasteiger partial charge in [-0.2, -0.15) is 0 Å². The van der Waals surface area contributed by atoms with E-state index in [1.165, 1.54) is 13.3 Å². The second-order valence-corrected chi connectivity index (χ2v) is 4.75. The van der Waals surface area contributed by atoms with Gasteiger partial charge >= 0.3 is 5.97 Å². The number of methoxy groups -OCH3 is 1. The predicted octanol–water partition coefficient (Wildman–Crippen LogP) is 0.314. The molecule has 2 atom stereocenters. The molecule has 1 saturated heterocycles. The van der Waals surface area contributed by atoms with E-state index in [2.05, 4.69) is 21.6 Å². The number of piperidine rings is 1. The standard InChI is InChI=1S/C12H14N3O2/c1-17-11(16)9-5-14-7-15-10(9)12-4-8(12)2-3-13-6-12/h5,8,13H,2-4,6H2,1H3. The van der Waals surface area contributed by atoms with Gasteiger partial charge in [0.15, 0.2) is 6.33 Å². The summed E-state index contributed by atoms with van der Waals surface area (Å²) in [6, 6.07) is 0. The smallest absolute Gasteiger partial charge is 0.341 e. The lowest BCUT2D eigenvalue weighted by molar-refractivity contribution is 0.0597. The first-order chi connectivity index (χ1) is 8.28. The largest absolute Gasteiger partial charge is 0.465 e. The van der Waals surface area contributed by atoms with Gasteiger partial charge in [0.2, 0.25) is 0 Å². The zero-order chi connectivity index (χ0) is 11.9. The van der Waals surface area contributed by atoms with Crippen LogP contribution in [-0.2, 0) is 10.2 Å². The van der Waals surface area contributed by atoms with E-state index in [1.54, 1.807) is 0 Å². The van der Waals surface area contributed by atoms with Crippen LogP contribution >= 0.6 is 0 Å². The average molecular weight is 232 g/mol. The molecule has 89 valence electrons. The fourth-order valence-corrected chi connectivity index (χ4v) is 2.87. The third-order valence-electron chi connectivity index (χ3n) is 3.89. The van der Waals surface area contributed by atoms with Gasteiger partial charge in [0.05, 0.1) is 12.8 Å². The molecule has 2 fully saturated rings. The summed E-state index contributed by atoms with van der Waals surface area (Å²) in [5, 5.41) is 3.37. The number of carbonyl (C=O) groups is 1. The van der Waals surface area contributed by atoms with Crippen molar-refractivity contribution in [2.24, 2.45) is 5.92 Å². The van der Waals surface area contributed by atoms with Crippen LogP contribution in [0.25, 0.3) is 0 Å².